The van der Waals surface area contributed by atoms with E-state index in [-0.39, 0.29) is 17.2 Å². The van der Waals surface area contributed by atoms with Crippen LogP contribution >= 0.6 is 23.1 Å². The Morgan fingerprint density at radius 3 is 2.66 bits per heavy atom. The van der Waals surface area contributed by atoms with E-state index < -0.39 is 5.54 Å². The summed E-state index contributed by atoms with van der Waals surface area (Å²) in [6.45, 7) is 7.95. The molecule has 0 radical (unpaired) electrons. The van der Waals surface area contributed by atoms with Gasteiger partial charge in [-0.15, -0.1) is 11.3 Å². The highest BCUT2D eigenvalue weighted by atomic mass is 32.2. The fraction of sp³-hybridized carbons (Fsp3) is 0.417. The van der Waals surface area contributed by atoms with Crippen LogP contribution in [-0.4, -0.2) is 26.8 Å². The van der Waals surface area contributed by atoms with Gasteiger partial charge in [-0.25, -0.2) is 4.98 Å². The van der Waals surface area contributed by atoms with Crippen molar-refractivity contribution in [2.45, 2.75) is 64.1 Å². The molecule has 1 saturated carbocycles. The second kappa shape index (κ2) is 8.72. The predicted octanol–water partition coefficient (Wildman–Crippen LogP) is 4.73. The number of nitriles is 1. The van der Waals surface area contributed by atoms with Crippen LogP contribution in [0.2, 0.25) is 0 Å². The van der Waals surface area contributed by atoms with E-state index in [1.807, 2.05) is 45.9 Å². The van der Waals surface area contributed by atoms with Crippen LogP contribution in [0.4, 0.5) is 0 Å². The summed E-state index contributed by atoms with van der Waals surface area (Å²) in [7, 11) is 0. The van der Waals surface area contributed by atoms with Gasteiger partial charge in [0.1, 0.15) is 10.4 Å². The zero-order chi connectivity index (χ0) is 23.0. The summed E-state index contributed by atoms with van der Waals surface area (Å²) in [5, 5.41) is 13.6. The van der Waals surface area contributed by atoms with Crippen LogP contribution in [0.5, 0.6) is 0 Å². The molecule has 6 nitrogen and oxygen atoms in total. The summed E-state index contributed by atoms with van der Waals surface area (Å²) in [5.41, 5.74) is 2.94. The number of thiophene rings is 1. The highest BCUT2D eigenvalue weighted by molar-refractivity contribution is 7.99. The molecule has 1 fully saturated rings. The number of carbonyl (C=O) groups is 1. The summed E-state index contributed by atoms with van der Waals surface area (Å²) >= 11 is 2.74. The Hall–Kier alpha value is -2.63. The third kappa shape index (κ3) is 3.96. The Bertz CT molecular complexity index is 1310. The Labute approximate surface area is 195 Å². The van der Waals surface area contributed by atoms with Gasteiger partial charge in [-0.1, -0.05) is 23.9 Å². The van der Waals surface area contributed by atoms with Crippen LogP contribution in [0, 0.1) is 39.0 Å². The molecule has 0 unspecified atom stereocenters. The maximum absolute atomic E-state index is 13.6. The second-order valence-electron chi connectivity index (χ2n) is 8.46. The number of nitrogens with one attached hydrogen (secondary N) is 1. The predicted molar refractivity (Wildman–Crippen MR) is 130 cm³/mol. The van der Waals surface area contributed by atoms with Crippen LogP contribution in [0.1, 0.15) is 47.3 Å². The minimum atomic E-state index is -0.760. The molecule has 0 saturated heterocycles. The van der Waals surface area contributed by atoms with Gasteiger partial charge in [0.2, 0.25) is 5.91 Å². The number of rotatable bonds is 5. The van der Waals surface area contributed by atoms with Gasteiger partial charge >= 0.3 is 0 Å². The number of carbonyl (C=O) groups excluding carboxylic acids is 1. The Morgan fingerprint density at radius 1 is 1.25 bits per heavy atom. The molecule has 4 rings (SSSR count). The molecule has 1 aliphatic rings. The molecule has 32 heavy (non-hydrogen) atoms. The maximum Gasteiger partial charge on any atom is 0.267 e. The van der Waals surface area contributed by atoms with Gasteiger partial charge in [-0.3, -0.25) is 14.2 Å². The van der Waals surface area contributed by atoms with Crippen LogP contribution in [0.3, 0.4) is 0 Å². The largest absolute Gasteiger partial charge is 0.337 e. The van der Waals surface area contributed by atoms with Crippen molar-refractivity contribution in [2.24, 2.45) is 0 Å². The van der Waals surface area contributed by atoms with Gasteiger partial charge in [0.05, 0.1) is 22.9 Å². The zero-order valence-corrected chi connectivity index (χ0v) is 20.4. The third-order valence-corrected chi connectivity index (χ3v) is 8.41. The average molecular weight is 467 g/mol. The average Bonchev–Trinajstić information content (AvgIpc) is 3.34. The summed E-state index contributed by atoms with van der Waals surface area (Å²) in [6, 6.07) is 8.15. The van der Waals surface area contributed by atoms with Crippen molar-refractivity contribution >= 4 is 39.2 Å². The molecule has 1 aliphatic carbocycles. The number of aromatic nitrogens is 2. The second-order valence-corrected chi connectivity index (χ2v) is 10.6. The van der Waals surface area contributed by atoms with Crippen molar-refractivity contribution in [3.8, 4) is 11.8 Å². The van der Waals surface area contributed by atoms with E-state index in [2.05, 4.69) is 11.4 Å². The normalized spacial score (nSPS) is 15.1. The molecule has 1 N–H and O–H groups in total. The molecule has 0 spiro atoms. The molecule has 0 aliphatic heterocycles. The standard InChI is InChI=1S/C24H26N4O2S2/c1-14-8-7-9-18(15(14)2)28-22(30)20-16(3)17(4)32-21(20)26-23(28)31-12-19(29)27-24(13-25)10-5-6-11-24/h7-9H,5-6,10-12H2,1-4H3,(H,27,29). The Kier molecular flexibility index (Phi) is 6.15. The Morgan fingerprint density at radius 2 is 1.97 bits per heavy atom. The van der Waals surface area contributed by atoms with Crippen LogP contribution in [-0.2, 0) is 4.79 Å². The monoisotopic (exact) mass is 466 g/mol. The van der Waals surface area contributed by atoms with Gasteiger partial charge in [-0.2, -0.15) is 5.26 Å². The number of benzene rings is 1. The first-order valence-corrected chi connectivity index (χ1v) is 12.5. The van der Waals surface area contributed by atoms with E-state index in [0.29, 0.717) is 28.2 Å². The van der Waals surface area contributed by atoms with Crippen molar-refractivity contribution < 1.29 is 4.79 Å². The molecule has 3 aromatic rings. The molecule has 1 amide bonds. The lowest BCUT2D eigenvalue weighted by Gasteiger charge is -2.22. The molecular weight excluding hydrogens is 440 g/mol. The van der Waals surface area contributed by atoms with Gasteiger partial charge in [0.15, 0.2) is 5.16 Å². The molecule has 2 aromatic heterocycles. The first-order valence-electron chi connectivity index (χ1n) is 10.7. The number of amides is 1. The van der Waals surface area contributed by atoms with Crippen molar-refractivity contribution in [1.29, 1.82) is 5.26 Å². The zero-order valence-electron chi connectivity index (χ0n) is 18.7. The topological polar surface area (TPSA) is 87.8 Å². The lowest BCUT2D eigenvalue weighted by molar-refractivity contribution is -0.119. The van der Waals surface area contributed by atoms with Gasteiger partial charge < -0.3 is 5.32 Å². The maximum atomic E-state index is 13.6. The smallest absolute Gasteiger partial charge is 0.267 e. The van der Waals surface area contributed by atoms with E-state index in [1.54, 1.807) is 4.57 Å². The SMILES string of the molecule is Cc1cccc(-n2c(SCC(=O)NC3(C#N)CCCC3)nc3sc(C)c(C)c3c2=O)c1C. The van der Waals surface area contributed by atoms with Crippen molar-refractivity contribution in [2.75, 3.05) is 5.75 Å². The number of hydrogen-bond donors (Lipinski definition) is 1. The minimum absolute atomic E-state index is 0.0928. The fourth-order valence-corrected chi connectivity index (χ4v) is 6.11. The van der Waals surface area contributed by atoms with Gasteiger partial charge in [-0.05, 0) is 76.1 Å². The summed E-state index contributed by atoms with van der Waals surface area (Å²) in [5.74, 6) is -0.117. The van der Waals surface area contributed by atoms with E-state index in [1.165, 1.54) is 23.1 Å². The molecular formula is C24H26N4O2S2. The van der Waals surface area contributed by atoms with Crippen LogP contribution in [0.25, 0.3) is 15.9 Å². The molecule has 8 heteroatoms. The fourth-order valence-electron chi connectivity index (χ4n) is 4.24. The third-order valence-electron chi connectivity index (χ3n) is 6.37. The van der Waals surface area contributed by atoms with E-state index >= 15 is 0 Å². The Balaban J connectivity index is 1.75. The van der Waals surface area contributed by atoms with E-state index in [9.17, 15) is 14.9 Å². The molecule has 0 bridgehead atoms. The highest BCUT2D eigenvalue weighted by Crippen LogP contribution is 2.32. The van der Waals surface area contributed by atoms with Gasteiger partial charge in [0.25, 0.3) is 5.56 Å². The molecule has 166 valence electrons. The number of nitrogens with zero attached hydrogens (tertiary/aromatic N) is 3. The summed E-state index contributed by atoms with van der Waals surface area (Å²) in [4.78, 5) is 32.9. The van der Waals surface area contributed by atoms with Gasteiger partial charge in [0, 0.05) is 4.88 Å². The molecule has 0 atom stereocenters. The van der Waals surface area contributed by atoms with Crippen LogP contribution in [0.15, 0.2) is 28.2 Å². The first kappa shape index (κ1) is 22.6. The lowest BCUT2D eigenvalue weighted by atomic mass is 10.0. The summed E-state index contributed by atoms with van der Waals surface area (Å²) < 4.78 is 1.64. The number of hydrogen-bond acceptors (Lipinski definition) is 6. The molecule has 2 heterocycles. The van der Waals surface area contributed by atoms with Crippen molar-refractivity contribution in [3.05, 3.63) is 50.1 Å². The highest BCUT2D eigenvalue weighted by Gasteiger charge is 2.35. The minimum Gasteiger partial charge on any atom is -0.337 e. The number of fused-ring (bicyclic) bond motifs is 1. The first-order chi connectivity index (χ1) is 15.3. The van der Waals surface area contributed by atoms with Crippen molar-refractivity contribution in [1.82, 2.24) is 14.9 Å². The van der Waals surface area contributed by atoms with E-state index in [4.69, 9.17) is 4.98 Å². The molecule has 1 aromatic carbocycles. The van der Waals surface area contributed by atoms with Crippen molar-refractivity contribution in [3.63, 3.8) is 0 Å². The summed E-state index contributed by atoms with van der Waals surface area (Å²) in [6.07, 6.45) is 3.26. The quantitative estimate of drug-likeness (QED) is 0.434. The lowest BCUT2D eigenvalue weighted by Crippen LogP contribution is -2.45. The number of thioether (sulfide) groups is 1. The number of aryl methyl sites for hydroxylation is 3. The van der Waals surface area contributed by atoms with E-state index in [0.717, 1.165) is 40.1 Å². The van der Waals surface area contributed by atoms with Crippen LogP contribution < -0.4 is 10.9 Å².